The third kappa shape index (κ3) is 3.09. The van der Waals surface area contributed by atoms with Crippen LogP contribution in [0.3, 0.4) is 0 Å². The zero-order chi connectivity index (χ0) is 16.6. The van der Waals surface area contributed by atoms with Gasteiger partial charge in [-0.15, -0.1) is 0 Å². The van der Waals surface area contributed by atoms with Crippen LogP contribution in [0.1, 0.15) is 12.6 Å². The predicted molar refractivity (Wildman–Crippen MR) is 83.4 cm³/mol. The van der Waals surface area contributed by atoms with Gasteiger partial charge in [0.25, 0.3) is 5.56 Å². The lowest BCUT2D eigenvalue weighted by molar-refractivity contribution is -0.0453. The molecule has 3 atom stereocenters. The highest BCUT2D eigenvalue weighted by Gasteiger charge is 2.36. The number of aliphatic hydroxyl groups excluding tert-OH is 2. The predicted octanol–water partition coefficient (Wildman–Crippen LogP) is 0.498. The lowest BCUT2D eigenvalue weighted by Crippen LogP contribution is -2.33. The molecule has 3 rings (SSSR count). The highest BCUT2D eigenvalue weighted by Crippen LogP contribution is 2.31. The van der Waals surface area contributed by atoms with Crippen molar-refractivity contribution in [2.24, 2.45) is 0 Å². The van der Waals surface area contributed by atoms with Crippen molar-refractivity contribution in [2.45, 2.75) is 24.9 Å². The quantitative estimate of drug-likeness (QED) is 0.756. The van der Waals surface area contributed by atoms with Gasteiger partial charge in [-0.05, 0) is 12.1 Å². The van der Waals surface area contributed by atoms with Crippen LogP contribution in [-0.4, -0.2) is 38.6 Å². The third-order valence-electron chi connectivity index (χ3n) is 3.77. The molecular weight excluding hydrogens is 324 g/mol. The molecule has 1 aliphatic rings. The van der Waals surface area contributed by atoms with Crippen LogP contribution in [0, 0.1) is 0 Å². The highest BCUT2D eigenvalue weighted by atomic mass is 35.5. The first-order valence-corrected chi connectivity index (χ1v) is 7.43. The molecule has 8 heteroatoms. The van der Waals surface area contributed by atoms with Gasteiger partial charge >= 0.3 is 5.69 Å². The van der Waals surface area contributed by atoms with E-state index in [9.17, 15) is 19.8 Å². The Bertz CT molecular complexity index is 831. The average Bonchev–Trinajstić information content (AvgIpc) is 2.87. The first-order valence-electron chi connectivity index (χ1n) is 7.06. The van der Waals surface area contributed by atoms with Crippen molar-refractivity contribution in [2.75, 3.05) is 6.61 Å². The van der Waals surface area contributed by atoms with E-state index in [0.717, 1.165) is 0 Å². The van der Waals surface area contributed by atoms with Crippen molar-refractivity contribution < 1.29 is 14.9 Å². The fraction of sp³-hybridized carbons (Fsp3) is 0.333. The molecule has 2 heterocycles. The maximum absolute atomic E-state index is 12.3. The van der Waals surface area contributed by atoms with Crippen LogP contribution < -0.4 is 11.2 Å². The Morgan fingerprint density at radius 2 is 2.13 bits per heavy atom. The van der Waals surface area contributed by atoms with E-state index in [1.807, 2.05) is 0 Å². The van der Waals surface area contributed by atoms with Crippen LogP contribution in [0.5, 0.6) is 0 Å². The lowest BCUT2D eigenvalue weighted by Gasteiger charge is -2.18. The minimum absolute atomic E-state index is 0.130. The molecule has 7 nitrogen and oxygen atoms in total. The van der Waals surface area contributed by atoms with Crippen LogP contribution >= 0.6 is 11.6 Å². The highest BCUT2D eigenvalue weighted by molar-refractivity contribution is 6.30. The molecule has 0 radical (unpaired) electrons. The Morgan fingerprint density at radius 3 is 2.78 bits per heavy atom. The van der Waals surface area contributed by atoms with Crippen molar-refractivity contribution >= 4 is 11.6 Å². The molecule has 1 aromatic carbocycles. The maximum atomic E-state index is 12.3. The normalized spacial score (nSPS) is 24.0. The molecule has 122 valence electrons. The number of benzene rings is 1. The number of nitrogens with zero attached hydrogens (tertiary/aromatic N) is 1. The van der Waals surface area contributed by atoms with Crippen molar-refractivity contribution in [1.29, 1.82) is 0 Å². The largest absolute Gasteiger partial charge is 0.394 e. The van der Waals surface area contributed by atoms with Crippen LogP contribution in [-0.2, 0) is 4.74 Å². The Labute approximate surface area is 135 Å². The standard InChI is InChI=1S/C15H15ClN2O5/c16-9-3-1-2-8(4-9)10-5-13(21)17-15(22)18(10)14-6-11(20)12(7-19)23-14/h1-5,11-12,14,19-20H,6-7H2,(H,17,21,22)/t11-,12+,14-/m0/s1. The number of aromatic amines is 1. The van der Waals surface area contributed by atoms with Gasteiger partial charge in [0.15, 0.2) is 0 Å². The van der Waals surface area contributed by atoms with Gasteiger partial charge in [-0.1, -0.05) is 23.7 Å². The smallest absolute Gasteiger partial charge is 0.330 e. The van der Waals surface area contributed by atoms with Gasteiger partial charge in [0, 0.05) is 23.1 Å². The second-order valence-corrected chi connectivity index (χ2v) is 5.76. The van der Waals surface area contributed by atoms with Gasteiger partial charge in [0.2, 0.25) is 0 Å². The molecule has 23 heavy (non-hydrogen) atoms. The van der Waals surface area contributed by atoms with Crippen molar-refractivity contribution in [3.63, 3.8) is 0 Å². The third-order valence-corrected chi connectivity index (χ3v) is 4.00. The monoisotopic (exact) mass is 338 g/mol. The summed E-state index contributed by atoms with van der Waals surface area (Å²) < 4.78 is 6.79. The summed E-state index contributed by atoms with van der Waals surface area (Å²) in [6.07, 6.45) is -2.33. The number of rotatable bonds is 3. The van der Waals surface area contributed by atoms with Gasteiger partial charge in [-0.25, -0.2) is 4.79 Å². The van der Waals surface area contributed by atoms with E-state index in [1.165, 1.54) is 10.6 Å². The molecule has 0 bridgehead atoms. The molecule has 0 saturated carbocycles. The fourth-order valence-electron chi connectivity index (χ4n) is 2.70. The molecule has 0 unspecified atom stereocenters. The van der Waals surface area contributed by atoms with E-state index in [0.29, 0.717) is 16.3 Å². The zero-order valence-corrected chi connectivity index (χ0v) is 12.7. The Hall–Kier alpha value is -1.93. The number of hydrogen-bond donors (Lipinski definition) is 3. The summed E-state index contributed by atoms with van der Waals surface area (Å²) in [4.78, 5) is 26.1. The molecule has 0 aliphatic carbocycles. The zero-order valence-electron chi connectivity index (χ0n) is 12.0. The maximum Gasteiger partial charge on any atom is 0.330 e. The van der Waals surface area contributed by atoms with Crippen LogP contribution in [0.15, 0.2) is 39.9 Å². The Balaban J connectivity index is 2.14. The van der Waals surface area contributed by atoms with E-state index < -0.39 is 29.7 Å². The lowest BCUT2D eigenvalue weighted by atomic mass is 10.1. The summed E-state index contributed by atoms with van der Waals surface area (Å²) >= 11 is 5.98. The van der Waals surface area contributed by atoms with Crippen LogP contribution in [0.25, 0.3) is 11.3 Å². The second-order valence-electron chi connectivity index (χ2n) is 5.32. The molecule has 3 N–H and O–H groups in total. The fourth-order valence-corrected chi connectivity index (χ4v) is 2.89. The molecule has 0 spiro atoms. The molecule has 1 saturated heterocycles. The SMILES string of the molecule is O=c1cc(-c2cccc(Cl)c2)n([C@@H]2C[C@H](O)[C@@H](CO)O2)c(=O)[nH]1. The number of halogens is 1. The number of ether oxygens (including phenoxy) is 1. The number of aliphatic hydroxyl groups is 2. The topological polar surface area (TPSA) is 105 Å². The molecule has 0 amide bonds. The summed E-state index contributed by atoms with van der Waals surface area (Å²) in [7, 11) is 0. The molecule has 1 fully saturated rings. The van der Waals surface area contributed by atoms with Gasteiger partial charge in [-0.3, -0.25) is 14.3 Å². The molecule has 1 aromatic heterocycles. The van der Waals surface area contributed by atoms with Gasteiger partial charge < -0.3 is 14.9 Å². The van der Waals surface area contributed by atoms with Gasteiger partial charge in [-0.2, -0.15) is 0 Å². The number of nitrogens with one attached hydrogen (secondary N) is 1. The summed E-state index contributed by atoms with van der Waals surface area (Å²) in [5.41, 5.74) is -0.287. The number of aromatic nitrogens is 2. The second kappa shape index (κ2) is 6.29. The molecule has 1 aliphatic heterocycles. The van der Waals surface area contributed by atoms with Gasteiger partial charge in [0.1, 0.15) is 12.3 Å². The Morgan fingerprint density at radius 1 is 1.35 bits per heavy atom. The minimum Gasteiger partial charge on any atom is -0.394 e. The number of hydrogen-bond acceptors (Lipinski definition) is 5. The first kappa shape index (κ1) is 15.9. The summed E-state index contributed by atoms with van der Waals surface area (Å²) in [6, 6.07) is 7.99. The average molecular weight is 339 g/mol. The van der Waals surface area contributed by atoms with Crippen molar-refractivity contribution in [3.05, 3.63) is 56.2 Å². The number of H-pyrrole nitrogens is 1. The van der Waals surface area contributed by atoms with Crippen LogP contribution in [0.4, 0.5) is 0 Å². The minimum atomic E-state index is -0.893. The van der Waals surface area contributed by atoms with Crippen LogP contribution in [0.2, 0.25) is 5.02 Å². The summed E-state index contributed by atoms with van der Waals surface area (Å²) in [6.45, 7) is -0.359. The first-order chi connectivity index (χ1) is 11.0. The van der Waals surface area contributed by atoms with E-state index in [1.54, 1.807) is 24.3 Å². The molecular formula is C15H15ClN2O5. The van der Waals surface area contributed by atoms with Gasteiger partial charge in [0.05, 0.1) is 18.4 Å². The van der Waals surface area contributed by atoms with E-state index >= 15 is 0 Å². The van der Waals surface area contributed by atoms with E-state index in [4.69, 9.17) is 16.3 Å². The summed E-state index contributed by atoms with van der Waals surface area (Å²) in [5, 5.41) is 19.5. The molecule has 2 aromatic rings. The van der Waals surface area contributed by atoms with Crippen molar-refractivity contribution in [3.8, 4) is 11.3 Å². The summed E-state index contributed by atoms with van der Waals surface area (Å²) in [5.74, 6) is 0. The van der Waals surface area contributed by atoms with Crippen molar-refractivity contribution in [1.82, 2.24) is 9.55 Å². The Kier molecular flexibility index (Phi) is 4.36. The van der Waals surface area contributed by atoms with E-state index in [2.05, 4.69) is 4.98 Å². The van der Waals surface area contributed by atoms with E-state index in [-0.39, 0.29) is 13.0 Å².